The Bertz CT molecular complexity index is 165. The average Bonchev–Trinajstić information content (AvgIpc) is 2.14. The van der Waals surface area contributed by atoms with E-state index in [1.807, 2.05) is 43.4 Å². The lowest BCUT2D eigenvalue weighted by atomic mass is 10.2. The highest BCUT2D eigenvalue weighted by atomic mass is 127. The van der Waals surface area contributed by atoms with Gasteiger partial charge in [0.05, 0.1) is 6.61 Å². The molecule has 0 aromatic rings. The smallest absolute Gasteiger partial charge is 0.285 e. The summed E-state index contributed by atoms with van der Waals surface area (Å²) in [5, 5.41) is 0. The van der Waals surface area contributed by atoms with Crippen molar-refractivity contribution in [1.82, 2.24) is 5.48 Å². The molecule has 4 nitrogen and oxygen atoms in total. The third-order valence-corrected chi connectivity index (χ3v) is 3.04. The average molecular weight is 301 g/mol. The summed E-state index contributed by atoms with van der Waals surface area (Å²) in [6.07, 6.45) is 0.611. The van der Waals surface area contributed by atoms with Gasteiger partial charge in [0, 0.05) is 6.61 Å². The molecule has 5 heteroatoms. The number of carbonyl (C=O) groups excluding carboxylic acids is 1. The molecule has 0 saturated heterocycles. The monoisotopic (exact) mass is 301 g/mol. The van der Waals surface area contributed by atoms with Crippen LogP contribution in [0, 0.1) is 0 Å². The van der Waals surface area contributed by atoms with Crippen molar-refractivity contribution in [2.24, 2.45) is 0 Å². The highest BCUT2D eigenvalue weighted by Gasteiger charge is 2.34. The number of carbonyl (C=O) groups is 1. The molecule has 0 fully saturated rings. The van der Waals surface area contributed by atoms with Crippen LogP contribution < -0.4 is 5.48 Å². The van der Waals surface area contributed by atoms with E-state index in [1.54, 1.807) is 0 Å². The molecule has 0 spiro atoms. The zero-order chi connectivity index (χ0) is 10.3. The van der Waals surface area contributed by atoms with Crippen molar-refractivity contribution >= 4 is 28.5 Å². The predicted molar refractivity (Wildman–Crippen MR) is 58.4 cm³/mol. The summed E-state index contributed by atoms with van der Waals surface area (Å²) in [7, 11) is 0. The second-order valence-electron chi connectivity index (χ2n) is 2.38. The van der Waals surface area contributed by atoms with E-state index >= 15 is 0 Å². The van der Waals surface area contributed by atoms with Crippen LogP contribution in [0.5, 0.6) is 0 Å². The molecule has 78 valence electrons. The SMILES string of the molecule is CCONC(=O)C(I)(CC)OCC. The van der Waals surface area contributed by atoms with E-state index in [-0.39, 0.29) is 5.91 Å². The van der Waals surface area contributed by atoms with Crippen LogP contribution in [0.3, 0.4) is 0 Å². The summed E-state index contributed by atoms with van der Waals surface area (Å²) in [5.41, 5.74) is 2.34. The van der Waals surface area contributed by atoms with Gasteiger partial charge in [-0.05, 0) is 42.9 Å². The number of halogens is 1. The Morgan fingerprint density at radius 1 is 1.38 bits per heavy atom. The molecule has 0 rings (SSSR count). The minimum absolute atomic E-state index is 0.237. The number of alkyl halides is 1. The molecule has 0 aliphatic rings. The van der Waals surface area contributed by atoms with Gasteiger partial charge in [0.15, 0.2) is 3.61 Å². The standard InChI is InChI=1S/C8H16INO3/c1-4-8(9,12-5-2)7(11)10-13-6-3/h4-6H2,1-3H3,(H,10,11). The van der Waals surface area contributed by atoms with Crippen molar-refractivity contribution in [3.63, 3.8) is 0 Å². The van der Waals surface area contributed by atoms with Crippen molar-refractivity contribution in [3.05, 3.63) is 0 Å². The maximum Gasteiger partial charge on any atom is 0.285 e. The number of ether oxygens (including phenoxy) is 1. The van der Waals surface area contributed by atoms with E-state index in [9.17, 15) is 4.79 Å². The lowest BCUT2D eigenvalue weighted by Crippen LogP contribution is -2.43. The van der Waals surface area contributed by atoms with Crippen molar-refractivity contribution < 1.29 is 14.4 Å². The van der Waals surface area contributed by atoms with Gasteiger partial charge < -0.3 is 4.74 Å². The number of hydrogen-bond acceptors (Lipinski definition) is 3. The lowest BCUT2D eigenvalue weighted by Gasteiger charge is -2.24. The van der Waals surface area contributed by atoms with Crippen molar-refractivity contribution in [2.45, 2.75) is 30.8 Å². The van der Waals surface area contributed by atoms with Crippen molar-refractivity contribution in [3.8, 4) is 0 Å². The Labute approximate surface area is 92.4 Å². The summed E-state index contributed by atoms with van der Waals surface area (Å²) < 4.78 is 4.53. The molecule has 13 heavy (non-hydrogen) atoms. The van der Waals surface area contributed by atoms with Gasteiger partial charge in [-0.2, -0.15) is 0 Å². The van der Waals surface area contributed by atoms with Crippen LogP contribution >= 0.6 is 22.6 Å². The van der Waals surface area contributed by atoms with Gasteiger partial charge in [-0.15, -0.1) is 0 Å². The van der Waals surface area contributed by atoms with Crippen molar-refractivity contribution in [2.75, 3.05) is 13.2 Å². The first-order chi connectivity index (χ1) is 6.10. The van der Waals surface area contributed by atoms with E-state index in [0.717, 1.165) is 0 Å². The second-order valence-corrected chi connectivity index (χ2v) is 4.12. The maximum absolute atomic E-state index is 11.5. The fourth-order valence-electron chi connectivity index (χ4n) is 0.771. The molecule has 1 unspecified atom stereocenters. The molecule has 0 aliphatic carbocycles. The van der Waals surface area contributed by atoms with Crippen molar-refractivity contribution in [1.29, 1.82) is 0 Å². The fourth-order valence-corrected chi connectivity index (χ4v) is 1.19. The molecule has 0 bridgehead atoms. The van der Waals surface area contributed by atoms with Crippen LogP contribution in [-0.4, -0.2) is 22.7 Å². The highest BCUT2D eigenvalue weighted by molar-refractivity contribution is 14.1. The van der Waals surface area contributed by atoms with Crippen LogP contribution in [0.15, 0.2) is 0 Å². The van der Waals surface area contributed by atoms with E-state index in [1.165, 1.54) is 0 Å². The van der Waals surface area contributed by atoms with Crippen LogP contribution in [0.1, 0.15) is 27.2 Å². The molecule has 0 saturated carbocycles. The fraction of sp³-hybridized carbons (Fsp3) is 0.875. The molecule has 0 heterocycles. The van der Waals surface area contributed by atoms with Gasteiger partial charge in [-0.1, -0.05) is 6.92 Å². The second kappa shape index (κ2) is 6.56. The quantitative estimate of drug-likeness (QED) is 0.461. The zero-order valence-electron chi connectivity index (χ0n) is 8.22. The summed E-state index contributed by atoms with van der Waals surface area (Å²) >= 11 is 1.99. The number of nitrogens with one attached hydrogen (secondary N) is 1. The molecular formula is C8H16INO3. The van der Waals surface area contributed by atoms with Crippen LogP contribution in [0.2, 0.25) is 0 Å². The number of hydroxylamine groups is 1. The Morgan fingerprint density at radius 3 is 2.38 bits per heavy atom. The number of rotatable bonds is 6. The first-order valence-corrected chi connectivity index (χ1v) is 5.43. The lowest BCUT2D eigenvalue weighted by molar-refractivity contribution is -0.147. The van der Waals surface area contributed by atoms with Gasteiger partial charge >= 0.3 is 0 Å². The molecular weight excluding hydrogens is 285 g/mol. The predicted octanol–water partition coefficient (Wildman–Crippen LogP) is 1.63. The summed E-state index contributed by atoms with van der Waals surface area (Å²) in [5.74, 6) is -0.237. The van der Waals surface area contributed by atoms with Gasteiger partial charge in [0.25, 0.3) is 5.91 Å². The van der Waals surface area contributed by atoms with Crippen LogP contribution in [0.25, 0.3) is 0 Å². The van der Waals surface area contributed by atoms with Gasteiger partial charge in [-0.3, -0.25) is 9.63 Å². The van der Waals surface area contributed by atoms with Crippen LogP contribution in [-0.2, 0) is 14.4 Å². The van der Waals surface area contributed by atoms with E-state index in [4.69, 9.17) is 9.57 Å². The molecule has 1 N–H and O–H groups in total. The van der Waals surface area contributed by atoms with Gasteiger partial charge in [0.1, 0.15) is 0 Å². The number of amides is 1. The Hall–Kier alpha value is 0.120. The normalized spacial score (nSPS) is 15.1. The Balaban J connectivity index is 4.12. The number of hydrogen-bond donors (Lipinski definition) is 1. The minimum atomic E-state index is -0.804. The van der Waals surface area contributed by atoms with E-state index in [0.29, 0.717) is 19.6 Å². The molecule has 1 atom stereocenters. The van der Waals surface area contributed by atoms with E-state index < -0.39 is 3.61 Å². The topological polar surface area (TPSA) is 47.6 Å². The van der Waals surface area contributed by atoms with Gasteiger partial charge in [-0.25, -0.2) is 5.48 Å². The first kappa shape index (κ1) is 13.1. The van der Waals surface area contributed by atoms with Gasteiger partial charge in [0.2, 0.25) is 0 Å². The molecule has 0 aliphatic heterocycles. The van der Waals surface area contributed by atoms with E-state index in [2.05, 4.69) is 5.48 Å². The Kier molecular flexibility index (Phi) is 6.62. The summed E-state index contributed by atoms with van der Waals surface area (Å²) in [6.45, 7) is 6.52. The molecule has 0 aromatic heterocycles. The Morgan fingerprint density at radius 2 is 2.00 bits per heavy atom. The third kappa shape index (κ3) is 4.24. The van der Waals surface area contributed by atoms with Crippen LogP contribution in [0.4, 0.5) is 0 Å². The summed E-state index contributed by atoms with van der Waals surface area (Å²) in [4.78, 5) is 16.3. The zero-order valence-corrected chi connectivity index (χ0v) is 10.4. The molecule has 1 amide bonds. The summed E-state index contributed by atoms with van der Waals surface area (Å²) in [6, 6.07) is 0. The largest absolute Gasteiger partial charge is 0.355 e. The minimum Gasteiger partial charge on any atom is -0.355 e. The third-order valence-electron chi connectivity index (χ3n) is 1.48. The maximum atomic E-state index is 11.5. The molecule has 0 aromatic carbocycles. The highest BCUT2D eigenvalue weighted by Crippen LogP contribution is 2.24. The first-order valence-electron chi connectivity index (χ1n) is 4.35. The molecule has 0 radical (unpaired) electrons.